The van der Waals surface area contributed by atoms with E-state index >= 15 is 0 Å². The van der Waals surface area contributed by atoms with Crippen molar-refractivity contribution in [2.45, 2.75) is 84.7 Å². The Morgan fingerprint density at radius 1 is 0.700 bits per heavy atom. The zero-order valence-electron chi connectivity index (χ0n) is 21.4. The van der Waals surface area contributed by atoms with Crippen molar-refractivity contribution in [1.82, 2.24) is 4.65 Å². The van der Waals surface area contributed by atoms with E-state index < -0.39 is 16.5 Å². The highest BCUT2D eigenvalue weighted by molar-refractivity contribution is 6.93. The molecule has 0 radical (unpaired) electrons. The van der Waals surface area contributed by atoms with Gasteiger partial charge in [0.05, 0.1) is 0 Å². The fourth-order valence-electron chi connectivity index (χ4n) is 2.80. The minimum Gasteiger partial charge on any atom is -0.359 e. The Labute approximate surface area is 189 Å². The summed E-state index contributed by atoms with van der Waals surface area (Å²) in [6.07, 6.45) is 0. The lowest BCUT2D eigenvalue weighted by Gasteiger charge is -2.48. The van der Waals surface area contributed by atoms with Gasteiger partial charge in [0.25, 0.3) is 0 Å². The molecule has 0 aliphatic carbocycles. The molecular formula is C27H45NSi2. The number of aryl methyl sites for hydroxylation is 1. The van der Waals surface area contributed by atoms with E-state index in [1.807, 2.05) is 18.2 Å². The molecule has 0 aromatic heterocycles. The Morgan fingerprint density at radius 2 is 1.13 bits per heavy atom. The van der Waals surface area contributed by atoms with Gasteiger partial charge in [-0.05, 0) is 33.7 Å². The minimum atomic E-state index is -1.34. The molecule has 0 amide bonds. The first kappa shape index (κ1) is 26.6. The molecule has 0 unspecified atom stereocenters. The van der Waals surface area contributed by atoms with E-state index in [1.54, 1.807) is 0 Å². The molecule has 0 saturated carbocycles. The number of hydrogen-bond acceptors (Lipinski definition) is 1. The maximum atomic E-state index is 4.14. The molecule has 2 aromatic rings. The minimum absolute atomic E-state index is 0.433. The zero-order valence-corrected chi connectivity index (χ0v) is 23.4. The van der Waals surface area contributed by atoms with Crippen LogP contribution in [-0.2, 0) is 0 Å². The van der Waals surface area contributed by atoms with Gasteiger partial charge < -0.3 is 4.65 Å². The van der Waals surface area contributed by atoms with Crippen LogP contribution in [0.2, 0.25) is 36.3 Å². The first-order chi connectivity index (χ1) is 13.5. The van der Waals surface area contributed by atoms with E-state index in [2.05, 4.69) is 122 Å². The second-order valence-electron chi connectivity index (χ2n) is 11.6. The summed E-state index contributed by atoms with van der Waals surface area (Å²) in [6.45, 7) is 30.3. The largest absolute Gasteiger partial charge is 0.359 e. The highest BCUT2D eigenvalue weighted by Gasteiger charge is 2.44. The van der Waals surface area contributed by atoms with Crippen LogP contribution in [0.15, 0.2) is 61.2 Å². The molecule has 0 bridgehead atoms. The first-order valence-corrected chi connectivity index (χ1v) is 17.1. The second-order valence-corrected chi connectivity index (χ2v) is 22.1. The highest BCUT2D eigenvalue weighted by Crippen LogP contribution is 2.40. The summed E-state index contributed by atoms with van der Waals surface area (Å²) < 4.78 is 4.09. The Hall–Kier alpha value is -1.43. The third kappa shape index (κ3) is 7.37. The summed E-state index contributed by atoms with van der Waals surface area (Å²) >= 11 is 0. The molecule has 0 saturated heterocycles. The van der Waals surface area contributed by atoms with Gasteiger partial charge in [0.15, 0.2) is 0 Å². The zero-order chi connectivity index (χ0) is 23.4. The van der Waals surface area contributed by atoms with Gasteiger partial charge in [-0.25, -0.2) is 0 Å². The van der Waals surface area contributed by atoms with Crippen molar-refractivity contribution in [3.05, 3.63) is 77.9 Å². The quantitative estimate of drug-likeness (QED) is 0.470. The number of rotatable bonds is 4. The monoisotopic (exact) mass is 439 g/mol. The van der Waals surface area contributed by atoms with Crippen molar-refractivity contribution in [2.75, 3.05) is 0 Å². The third-order valence-corrected chi connectivity index (χ3v) is 19.4. The number of benzene rings is 2. The van der Waals surface area contributed by atoms with Gasteiger partial charge >= 0.3 is 0 Å². The van der Waals surface area contributed by atoms with Crippen LogP contribution in [0.3, 0.4) is 0 Å². The van der Waals surface area contributed by atoms with E-state index in [0.717, 1.165) is 5.57 Å². The predicted octanol–water partition coefficient (Wildman–Crippen LogP) is 8.64. The first-order valence-electron chi connectivity index (χ1n) is 11.1. The lowest BCUT2D eigenvalue weighted by atomic mass is 9.98. The topological polar surface area (TPSA) is 12.0 Å². The molecule has 0 fully saturated rings. The van der Waals surface area contributed by atoms with Gasteiger partial charge in [0.1, 0.15) is 16.5 Å². The summed E-state index contributed by atoms with van der Waals surface area (Å²) in [5.74, 6) is 0. The molecule has 0 heterocycles. The maximum absolute atomic E-state index is 4.14. The van der Waals surface area contributed by atoms with Crippen molar-refractivity contribution in [2.24, 2.45) is 0 Å². The van der Waals surface area contributed by atoms with Crippen LogP contribution in [0, 0.1) is 6.92 Å². The van der Waals surface area contributed by atoms with Gasteiger partial charge in [0, 0.05) is 0 Å². The smallest absolute Gasteiger partial charge is 0.118 e. The fraction of sp³-hybridized carbons (Fsp3) is 0.481. The van der Waals surface area contributed by atoms with E-state index in [0.29, 0.717) is 10.1 Å². The summed E-state index contributed by atoms with van der Waals surface area (Å²) in [6, 6.07) is 18.7. The van der Waals surface area contributed by atoms with Crippen LogP contribution in [0.1, 0.15) is 58.2 Å². The van der Waals surface area contributed by atoms with E-state index in [4.69, 9.17) is 0 Å². The molecule has 0 atom stereocenters. The number of nitrogens with one attached hydrogen (secondary N) is 1. The van der Waals surface area contributed by atoms with Crippen LogP contribution in [-0.4, -0.2) is 16.5 Å². The molecular weight excluding hydrogens is 394 g/mol. The van der Waals surface area contributed by atoms with Crippen molar-refractivity contribution >= 4 is 22.0 Å². The molecule has 30 heavy (non-hydrogen) atoms. The molecule has 2 rings (SSSR count). The second kappa shape index (κ2) is 9.80. The molecule has 3 heteroatoms. The number of hydrogen-bond donors (Lipinski definition) is 1. The molecule has 1 nitrogen and oxygen atoms in total. The standard InChI is InChI=1S/C15H14.C12H31NSi2/c1-12-7-6-10-15(11-12)13(2)14-8-4-3-5-9-14;1-11(2,3)14(7,8)13-15(9,10)12(4,5)6/h3-11H,2H2,1H3;13H,1-10H3. The van der Waals surface area contributed by atoms with E-state index in [-0.39, 0.29) is 0 Å². The fourth-order valence-corrected chi connectivity index (χ4v) is 12.0. The molecule has 166 valence electrons. The molecule has 0 aliphatic heterocycles. The normalized spacial score (nSPS) is 12.8. The Morgan fingerprint density at radius 3 is 1.53 bits per heavy atom. The van der Waals surface area contributed by atoms with Gasteiger partial charge in [-0.3, -0.25) is 0 Å². The summed E-state index contributed by atoms with van der Waals surface area (Å²) in [4.78, 5) is 0. The Kier molecular flexibility index (Phi) is 8.69. The van der Waals surface area contributed by atoms with Crippen molar-refractivity contribution in [3.8, 4) is 0 Å². The van der Waals surface area contributed by atoms with Gasteiger partial charge in [-0.15, -0.1) is 0 Å². The SMILES string of the molecule is C=C(c1ccccc1)c1cccc(C)c1.CC(C)(C)[Si](C)(C)N[Si](C)(C)C(C)(C)C. The van der Waals surface area contributed by atoms with Gasteiger partial charge in [-0.2, -0.15) is 0 Å². The third-order valence-electron chi connectivity index (χ3n) is 6.86. The summed E-state index contributed by atoms with van der Waals surface area (Å²) in [5.41, 5.74) is 4.73. The average molecular weight is 440 g/mol. The molecule has 0 spiro atoms. The van der Waals surface area contributed by atoms with Crippen LogP contribution < -0.4 is 4.65 Å². The van der Waals surface area contributed by atoms with Crippen molar-refractivity contribution < 1.29 is 0 Å². The van der Waals surface area contributed by atoms with Crippen LogP contribution in [0.5, 0.6) is 0 Å². The van der Waals surface area contributed by atoms with Gasteiger partial charge in [0.2, 0.25) is 0 Å². The Bertz CT molecular complexity index is 798. The molecule has 0 aliphatic rings. The average Bonchev–Trinajstić information content (AvgIpc) is 2.59. The summed E-state index contributed by atoms with van der Waals surface area (Å²) in [7, 11) is -2.68. The summed E-state index contributed by atoms with van der Waals surface area (Å²) in [5, 5.41) is 0.866. The highest BCUT2D eigenvalue weighted by atomic mass is 28.4. The van der Waals surface area contributed by atoms with Crippen LogP contribution >= 0.6 is 0 Å². The Balaban J connectivity index is 0.000000300. The van der Waals surface area contributed by atoms with Crippen molar-refractivity contribution in [1.29, 1.82) is 0 Å². The lowest BCUT2D eigenvalue weighted by molar-refractivity contribution is 0.682. The van der Waals surface area contributed by atoms with Crippen LogP contribution in [0.25, 0.3) is 5.57 Å². The van der Waals surface area contributed by atoms with Gasteiger partial charge in [-0.1, -0.05) is 134 Å². The van der Waals surface area contributed by atoms with Crippen molar-refractivity contribution in [3.63, 3.8) is 0 Å². The lowest BCUT2D eigenvalue weighted by Crippen LogP contribution is -2.66. The predicted molar refractivity (Wildman–Crippen MR) is 143 cm³/mol. The maximum Gasteiger partial charge on any atom is 0.118 e. The molecule has 1 N–H and O–H groups in total. The van der Waals surface area contributed by atoms with E-state index in [9.17, 15) is 0 Å². The molecule has 2 aromatic carbocycles. The van der Waals surface area contributed by atoms with E-state index in [1.165, 1.54) is 16.7 Å². The van der Waals surface area contributed by atoms with Crippen LogP contribution in [0.4, 0.5) is 0 Å².